The number of nitrogens with two attached hydrogens (primary N) is 1. The second kappa shape index (κ2) is 6.99. The lowest BCUT2D eigenvalue weighted by molar-refractivity contribution is 0.100. The molecule has 2 aromatic heterocycles. The first-order valence-electron chi connectivity index (χ1n) is 8.49. The molecule has 1 amide bonds. The van der Waals surface area contributed by atoms with Gasteiger partial charge in [-0.25, -0.2) is 4.98 Å². The van der Waals surface area contributed by atoms with Crippen LogP contribution >= 0.6 is 0 Å². The number of carbonyl (C=O) groups excluding carboxylic acids is 1. The van der Waals surface area contributed by atoms with Crippen LogP contribution in [0.5, 0.6) is 5.75 Å². The van der Waals surface area contributed by atoms with Gasteiger partial charge in [0.25, 0.3) is 5.56 Å². The van der Waals surface area contributed by atoms with E-state index < -0.39 is 5.91 Å². The van der Waals surface area contributed by atoms with Gasteiger partial charge in [0.05, 0.1) is 17.9 Å². The van der Waals surface area contributed by atoms with E-state index in [9.17, 15) is 9.59 Å². The Morgan fingerprint density at radius 1 is 1.35 bits per heavy atom. The highest BCUT2D eigenvalue weighted by Crippen LogP contribution is 2.29. The lowest BCUT2D eigenvalue weighted by Crippen LogP contribution is -2.14. The van der Waals surface area contributed by atoms with Crippen molar-refractivity contribution < 1.29 is 9.53 Å². The number of H-pyrrole nitrogens is 1. The SMILES string of the molecule is CCCc1nn(C)c2c(=O)[nH]c(-c3cc(C(N)=O)ccc3OCC)nc12. The van der Waals surface area contributed by atoms with Crippen LogP contribution in [0.3, 0.4) is 0 Å². The van der Waals surface area contributed by atoms with E-state index in [2.05, 4.69) is 15.1 Å². The number of benzene rings is 1. The number of carbonyl (C=O) groups is 1. The molecule has 2 heterocycles. The first kappa shape index (κ1) is 17.7. The fourth-order valence-corrected chi connectivity index (χ4v) is 2.93. The van der Waals surface area contributed by atoms with Gasteiger partial charge in [-0.3, -0.25) is 14.3 Å². The highest BCUT2D eigenvalue weighted by atomic mass is 16.5. The van der Waals surface area contributed by atoms with Crippen LogP contribution in [0.1, 0.15) is 36.3 Å². The number of fused-ring (bicyclic) bond motifs is 1. The normalized spacial score (nSPS) is 11.0. The molecule has 0 atom stereocenters. The van der Waals surface area contributed by atoms with Crippen molar-refractivity contribution in [2.75, 3.05) is 6.61 Å². The average molecular weight is 355 g/mol. The molecule has 3 N–H and O–H groups in total. The topological polar surface area (TPSA) is 116 Å². The summed E-state index contributed by atoms with van der Waals surface area (Å²) in [5.41, 5.74) is 7.65. The smallest absolute Gasteiger partial charge is 0.277 e. The molecule has 0 fully saturated rings. The van der Waals surface area contributed by atoms with E-state index in [0.29, 0.717) is 46.8 Å². The molecular weight excluding hydrogens is 334 g/mol. The molecule has 0 unspecified atom stereocenters. The molecule has 0 spiro atoms. The molecule has 8 heteroatoms. The van der Waals surface area contributed by atoms with Gasteiger partial charge < -0.3 is 15.5 Å². The molecule has 3 rings (SSSR count). The zero-order chi connectivity index (χ0) is 18.8. The summed E-state index contributed by atoms with van der Waals surface area (Å²) < 4.78 is 7.17. The molecule has 136 valence electrons. The fraction of sp³-hybridized carbons (Fsp3) is 0.333. The molecule has 0 aliphatic rings. The number of nitrogens with one attached hydrogen (secondary N) is 1. The van der Waals surface area contributed by atoms with E-state index in [1.54, 1.807) is 29.9 Å². The number of aromatic nitrogens is 4. The number of rotatable bonds is 6. The third-order valence-corrected chi connectivity index (χ3v) is 4.07. The van der Waals surface area contributed by atoms with Crippen LogP contribution in [0.25, 0.3) is 22.4 Å². The van der Waals surface area contributed by atoms with Crippen molar-refractivity contribution in [2.24, 2.45) is 12.8 Å². The van der Waals surface area contributed by atoms with Gasteiger partial charge in [-0.2, -0.15) is 5.10 Å². The van der Waals surface area contributed by atoms with Crippen LogP contribution in [0.2, 0.25) is 0 Å². The van der Waals surface area contributed by atoms with E-state index in [0.717, 1.165) is 12.1 Å². The second-order valence-electron chi connectivity index (χ2n) is 5.94. The molecule has 0 radical (unpaired) electrons. The quantitative estimate of drug-likeness (QED) is 0.699. The highest BCUT2D eigenvalue weighted by molar-refractivity contribution is 5.94. The highest BCUT2D eigenvalue weighted by Gasteiger charge is 2.18. The standard InChI is InChI=1S/C18H21N5O3/c1-4-6-12-14-15(23(3)22-12)18(25)21-17(20-14)11-9-10(16(19)24)7-8-13(11)26-5-2/h7-9H,4-6H2,1-3H3,(H2,19,24)(H,20,21,25). The second-order valence-corrected chi connectivity index (χ2v) is 5.94. The monoisotopic (exact) mass is 355 g/mol. The Bertz CT molecular complexity index is 1040. The van der Waals surface area contributed by atoms with Crippen LogP contribution in [0.4, 0.5) is 0 Å². The Hall–Kier alpha value is -3.16. The number of hydrogen-bond donors (Lipinski definition) is 2. The minimum Gasteiger partial charge on any atom is -0.493 e. The maximum Gasteiger partial charge on any atom is 0.277 e. The molecule has 0 saturated carbocycles. The minimum atomic E-state index is -0.564. The summed E-state index contributed by atoms with van der Waals surface area (Å²) in [7, 11) is 1.72. The van der Waals surface area contributed by atoms with E-state index in [-0.39, 0.29) is 5.56 Å². The third-order valence-electron chi connectivity index (χ3n) is 4.07. The summed E-state index contributed by atoms with van der Waals surface area (Å²) >= 11 is 0. The van der Waals surface area contributed by atoms with Gasteiger partial charge in [-0.05, 0) is 31.5 Å². The van der Waals surface area contributed by atoms with Crippen molar-refractivity contribution in [3.05, 3.63) is 39.8 Å². The van der Waals surface area contributed by atoms with Crippen molar-refractivity contribution in [3.63, 3.8) is 0 Å². The van der Waals surface area contributed by atoms with Crippen LogP contribution in [-0.4, -0.2) is 32.3 Å². The Labute approximate surface area is 150 Å². The third kappa shape index (κ3) is 3.05. The van der Waals surface area contributed by atoms with Gasteiger partial charge in [0.2, 0.25) is 5.91 Å². The zero-order valence-corrected chi connectivity index (χ0v) is 15.0. The summed E-state index contributed by atoms with van der Waals surface area (Å²) in [6, 6.07) is 4.81. The summed E-state index contributed by atoms with van der Waals surface area (Å²) in [5, 5.41) is 4.41. The van der Waals surface area contributed by atoms with E-state index in [4.69, 9.17) is 10.5 Å². The molecule has 0 aliphatic heterocycles. The number of aromatic amines is 1. The summed E-state index contributed by atoms with van der Waals surface area (Å²) in [6.07, 6.45) is 1.60. The van der Waals surface area contributed by atoms with Crippen molar-refractivity contribution in [1.29, 1.82) is 0 Å². The van der Waals surface area contributed by atoms with Gasteiger partial charge in [-0.1, -0.05) is 13.3 Å². The van der Waals surface area contributed by atoms with Crippen molar-refractivity contribution in [1.82, 2.24) is 19.7 Å². The molecule has 0 bridgehead atoms. The summed E-state index contributed by atoms with van der Waals surface area (Å²) in [4.78, 5) is 31.5. The van der Waals surface area contributed by atoms with Gasteiger partial charge in [-0.15, -0.1) is 0 Å². The Morgan fingerprint density at radius 3 is 2.77 bits per heavy atom. The lowest BCUT2D eigenvalue weighted by atomic mass is 10.1. The van der Waals surface area contributed by atoms with Gasteiger partial charge in [0.15, 0.2) is 5.52 Å². The Kier molecular flexibility index (Phi) is 4.75. The number of hydrogen-bond acceptors (Lipinski definition) is 5. The first-order valence-corrected chi connectivity index (χ1v) is 8.49. The number of aryl methyl sites for hydroxylation is 2. The Morgan fingerprint density at radius 2 is 2.12 bits per heavy atom. The van der Waals surface area contributed by atoms with Crippen molar-refractivity contribution in [3.8, 4) is 17.1 Å². The van der Waals surface area contributed by atoms with E-state index in [1.807, 2.05) is 13.8 Å². The van der Waals surface area contributed by atoms with Crippen LogP contribution in [0.15, 0.2) is 23.0 Å². The molecule has 0 saturated heterocycles. The Balaban J connectivity index is 2.28. The van der Waals surface area contributed by atoms with Crippen LogP contribution in [0, 0.1) is 0 Å². The van der Waals surface area contributed by atoms with Gasteiger partial charge in [0.1, 0.15) is 17.1 Å². The van der Waals surface area contributed by atoms with Crippen molar-refractivity contribution in [2.45, 2.75) is 26.7 Å². The largest absolute Gasteiger partial charge is 0.493 e. The fourth-order valence-electron chi connectivity index (χ4n) is 2.93. The summed E-state index contributed by atoms with van der Waals surface area (Å²) in [6.45, 7) is 4.33. The lowest BCUT2D eigenvalue weighted by Gasteiger charge is -2.11. The number of nitrogens with zero attached hydrogens (tertiary/aromatic N) is 3. The first-order chi connectivity index (χ1) is 12.5. The predicted molar refractivity (Wildman–Crippen MR) is 98.2 cm³/mol. The van der Waals surface area contributed by atoms with Crippen LogP contribution in [-0.2, 0) is 13.5 Å². The minimum absolute atomic E-state index is 0.297. The average Bonchev–Trinajstić information content (AvgIpc) is 2.92. The zero-order valence-electron chi connectivity index (χ0n) is 15.0. The van der Waals surface area contributed by atoms with Gasteiger partial charge in [0, 0.05) is 12.6 Å². The number of amides is 1. The van der Waals surface area contributed by atoms with E-state index >= 15 is 0 Å². The molecule has 26 heavy (non-hydrogen) atoms. The van der Waals surface area contributed by atoms with Gasteiger partial charge >= 0.3 is 0 Å². The van der Waals surface area contributed by atoms with Crippen LogP contribution < -0.4 is 16.0 Å². The molecule has 0 aliphatic carbocycles. The van der Waals surface area contributed by atoms with Crippen molar-refractivity contribution >= 4 is 16.9 Å². The maximum absolute atomic E-state index is 12.6. The summed E-state index contributed by atoms with van der Waals surface area (Å²) in [5.74, 6) is 0.270. The molecule has 1 aromatic carbocycles. The number of primary amides is 1. The van der Waals surface area contributed by atoms with E-state index in [1.165, 1.54) is 0 Å². The maximum atomic E-state index is 12.6. The molecular formula is C18H21N5O3. The molecule has 3 aromatic rings. The predicted octanol–water partition coefficient (Wildman–Crippen LogP) is 1.77. The number of ether oxygens (including phenoxy) is 1. The molecule has 8 nitrogen and oxygen atoms in total.